The van der Waals surface area contributed by atoms with Crippen molar-refractivity contribution in [3.63, 3.8) is 0 Å². The minimum Gasteiger partial charge on any atom is -0.550 e. The van der Waals surface area contributed by atoms with E-state index in [4.69, 9.17) is 19.8 Å². The van der Waals surface area contributed by atoms with E-state index in [0.29, 0.717) is 0 Å². The molecule has 0 saturated carbocycles. The third-order valence-corrected chi connectivity index (χ3v) is 0. The molecule has 9 heavy (non-hydrogen) atoms. The maximum Gasteiger partial charge on any atom is 2.00 e. The average Bonchev–Trinajstić information content (AvgIpc) is 1.25. The van der Waals surface area contributed by atoms with E-state index in [2.05, 4.69) is 0 Å². The van der Waals surface area contributed by atoms with E-state index >= 15 is 0 Å². The minimum atomic E-state index is -1.08. The molecule has 1 radical (unpaired) electrons. The first-order valence-electron chi connectivity index (χ1n) is 1.82. The van der Waals surface area contributed by atoms with Crippen LogP contribution in [0.2, 0.25) is 0 Å². The maximum atomic E-state index is 8.89. The first-order valence-corrected chi connectivity index (χ1v) is 1.82. The minimum absolute atomic E-state index is 0. The van der Waals surface area contributed by atoms with Gasteiger partial charge in [-0.1, -0.05) is 0 Å². The summed E-state index contributed by atoms with van der Waals surface area (Å²) >= 11 is 0. The maximum absolute atomic E-state index is 8.89. The Kier molecular flexibility index (Phi) is 20.5. The monoisotopic (exact) mass is 271 g/mol. The van der Waals surface area contributed by atoms with Gasteiger partial charge in [0.2, 0.25) is 0 Å². The molecule has 0 unspecified atom stereocenters. The van der Waals surface area contributed by atoms with Crippen LogP contribution < -0.4 is 10.2 Å². The molecule has 0 rings (SSSR count). The molecular weight excluding hydrogens is 264 g/mol. The van der Waals surface area contributed by atoms with Gasteiger partial charge in [-0.3, -0.25) is 0 Å². The summed E-state index contributed by atoms with van der Waals surface area (Å²) in [5.74, 6) is -2.17. The average molecular weight is 270 g/mol. The van der Waals surface area contributed by atoms with Crippen LogP contribution in [0.25, 0.3) is 0 Å². The summed E-state index contributed by atoms with van der Waals surface area (Å²) in [5, 5.41) is 17.8. The second-order valence-corrected chi connectivity index (χ2v) is 0.983. The number of aliphatic carboxylic acids is 2. The smallest absolute Gasteiger partial charge is 0.550 e. The topological polar surface area (TPSA) is 80.3 Å². The van der Waals surface area contributed by atoms with Gasteiger partial charge in [0, 0.05) is 11.9 Å². The summed E-state index contributed by atoms with van der Waals surface area (Å²) in [7, 11) is 0. The fraction of sp³-hybridized carbons (Fsp3) is 0.500. The second kappa shape index (κ2) is 11.3. The van der Waals surface area contributed by atoms with Crippen molar-refractivity contribution >= 4 is 11.9 Å². The Hall–Kier alpha value is 0.524. The van der Waals surface area contributed by atoms with Crippen LogP contribution in [-0.2, 0) is 9.59 Å². The normalized spacial score (nSPS) is 5.56. The number of carbonyl (C=O) groups excluding carboxylic acids is 2. The summed E-state index contributed by atoms with van der Waals surface area (Å²) in [6, 6.07) is 0. The van der Waals surface area contributed by atoms with Gasteiger partial charge in [-0.15, -0.1) is 0 Å². The Balaban J connectivity index is -0.0000000720. The molecule has 0 spiro atoms. The van der Waals surface area contributed by atoms with Crippen LogP contribution in [0.3, 0.4) is 0 Å². The van der Waals surface area contributed by atoms with Crippen molar-refractivity contribution < 1.29 is 69.2 Å². The summed E-state index contributed by atoms with van der Waals surface area (Å²) in [4.78, 5) is 17.8. The van der Waals surface area contributed by atoms with Crippen LogP contribution in [0.15, 0.2) is 0 Å². The van der Waals surface area contributed by atoms with Gasteiger partial charge in [-0.05, 0) is 13.8 Å². The van der Waals surface area contributed by atoms with Crippen molar-refractivity contribution in [2.45, 2.75) is 13.8 Å². The van der Waals surface area contributed by atoms with Crippen LogP contribution in [-0.4, -0.2) is 11.9 Å². The molecule has 0 bridgehead atoms. The second-order valence-electron chi connectivity index (χ2n) is 0.983. The van der Waals surface area contributed by atoms with Gasteiger partial charge in [-0.2, -0.15) is 0 Å². The van der Waals surface area contributed by atoms with Crippen LogP contribution in [0.4, 0.5) is 0 Å². The van der Waals surface area contributed by atoms with Crippen molar-refractivity contribution in [2.24, 2.45) is 0 Å². The summed E-state index contributed by atoms with van der Waals surface area (Å²) in [5.41, 5.74) is 0. The predicted molar refractivity (Wildman–Crippen MR) is 21.4 cm³/mol. The zero-order chi connectivity index (χ0) is 7.15. The molecule has 0 amide bonds. The third-order valence-electron chi connectivity index (χ3n) is 0. The molecular formula is C4H6EuO4. The van der Waals surface area contributed by atoms with Gasteiger partial charge < -0.3 is 19.8 Å². The Morgan fingerprint density at radius 1 is 1.00 bits per heavy atom. The zero-order valence-electron chi connectivity index (χ0n) is 5.01. The van der Waals surface area contributed by atoms with Gasteiger partial charge in [0.25, 0.3) is 0 Å². The number of hydrogen-bond acceptors (Lipinski definition) is 4. The number of carbonyl (C=O) groups is 2. The molecule has 4 nitrogen and oxygen atoms in total. The van der Waals surface area contributed by atoms with Gasteiger partial charge in [0.1, 0.15) is 0 Å². The molecule has 5 heteroatoms. The number of rotatable bonds is 0. The van der Waals surface area contributed by atoms with E-state index in [1.807, 2.05) is 0 Å². The van der Waals surface area contributed by atoms with Gasteiger partial charge in [0.15, 0.2) is 0 Å². The van der Waals surface area contributed by atoms with Gasteiger partial charge >= 0.3 is 49.4 Å². The first-order chi connectivity index (χ1) is 3.46. The zero-order valence-corrected chi connectivity index (χ0v) is 7.44. The van der Waals surface area contributed by atoms with Crippen molar-refractivity contribution in [3.8, 4) is 0 Å². The van der Waals surface area contributed by atoms with E-state index in [9.17, 15) is 0 Å². The molecule has 0 heterocycles. The van der Waals surface area contributed by atoms with Crippen LogP contribution in [0.5, 0.6) is 0 Å². The van der Waals surface area contributed by atoms with E-state index in [0.717, 1.165) is 13.8 Å². The van der Waals surface area contributed by atoms with Gasteiger partial charge in [0.05, 0.1) is 0 Å². The Morgan fingerprint density at radius 2 is 1.00 bits per heavy atom. The molecule has 0 aliphatic heterocycles. The van der Waals surface area contributed by atoms with E-state index in [1.165, 1.54) is 0 Å². The van der Waals surface area contributed by atoms with Crippen LogP contribution >= 0.6 is 0 Å². The van der Waals surface area contributed by atoms with E-state index in [-0.39, 0.29) is 49.4 Å². The van der Waals surface area contributed by atoms with Crippen molar-refractivity contribution in [1.82, 2.24) is 0 Å². The number of hydrogen-bond donors (Lipinski definition) is 0. The molecule has 0 aromatic heterocycles. The number of carboxylic acid groups (broad SMARTS) is 2. The first kappa shape index (κ1) is 16.3. The van der Waals surface area contributed by atoms with Crippen LogP contribution in [0.1, 0.15) is 13.8 Å². The van der Waals surface area contributed by atoms with E-state index in [1.54, 1.807) is 0 Å². The number of carboxylic acids is 2. The van der Waals surface area contributed by atoms with Gasteiger partial charge in [-0.25, -0.2) is 0 Å². The quantitative estimate of drug-likeness (QED) is 0.488. The predicted octanol–water partition coefficient (Wildman–Crippen LogP) is -2.49. The molecule has 0 aromatic rings. The fourth-order valence-electron chi connectivity index (χ4n) is 0. The van der Waals surface area contributed by atoms with Crippen molar-refractivity contribution in [3.05, 3.63) is 0 Å². The Morgan fingerprint density at radius 3 is 1.00 bits per heavy atom. The standard InChI is InChI=1S/2C2H4O2.Eu/c2*1-2(3)4;/h2*1H3,(H,3,4);/q;;+2/p-2. The molecule has 0 saturated heterocycles. The Bertz CT molecular complexity index is 70.6. The largest absolute Gasteiger partial charge is 2.00 e. The molecule has 0 aliphatic carbocycles. The molecule has 0 aliphatic rings. The third kappa shape index (κ3) is 1320. The summed E-state index contributed by atoms with van der Waals surface area (Å²) in [6.45, 7) is 1.94. The van der Waals surface area contributed by atoms with Crippen LogP contribution in [0, 0.1) is 49.4 Å². The molecule has 0 fully saturated rings. The molecule has 0 N–H and O–H groups in total. The molecule has 53 valence electrons. The Labute approximate surface area is 93.8 Å². The molecule has 0 aromatic carbocycles. The SMILES string of the molecule is CC(=O)[O-].CC(=O)[O-].[Eu+2]. The van der Waals surface area contributed by atoms with Crippen molar-refractivity contribution in [2.75, 3.05) is 0 Å². The summed E-state index contributed by atoms with van der Waals surface area (Å²) < 4.78 is 0. The summed E-state index contributed by atoms with van der Waals surface area (Å²) in [6.07, 6.45) is 0. The van der Waals surface area contributed by atoms with E-state index < -0.39 is 11.9 Å². The molecule has 0 atom stereocenters. The fourth-order valence-corrected chi connectivity index (χ4v) is 0. The van der Waals surface area contributed by atoms with Crippen molar-refractivity contribution in [1.29, 1.82) is 0 Å².